The van der Waals surface area contributed by atoms with Crippen molar-refractivity contribution in [2.45, 2.75) is 11.8 Å². The highest BCUT2D eigenvalue weighted by atomic mass is 32.2. The fourth-order valence-electron chi connectivity index (χ4n) is 1.16. The molecule has 1 aromatic carbocycles. The first-order chi connectivity index (χ1) is 8.95. The Morgan fingerprint density at radius 2 is 1.84 bits per heavy atom. The van der Waals surface area contributed by atoms with E-state index in [1.807, 2.05) is 4.72 Å². The molecule has 19 heavy (non-hydrogen) atoms. The largest absolute Gasteiger partial charge is 0.463 e. The fourth-order valence-corrected chi connectivity index (χ4v) is 2.13. The third-order valence-corrected chi connectivity index (χ3v) is 3.31. The molecule has 1 N–H and O–H groups in total. The zero-order valence-corrected chi connectivity index (χ0v) is 11.0. The van der Waals surface area contributed by atoms with Crippen molar-refractivity contribution < 1.29 is 22.7 Å². The second-order valence-electron chi connectivity index (χ2n) is 3.37. The van der Waals surface area contributed by atoms with Gasteiger partial charge in [0.25, 0.3) is 15.9 Å². The maximum absolute atomic E-state index is 11.7. The van der Waals surface area contributed by atoms with Gasteiger partial charge in [0.1, 0.15) is 0 Å². The van der Waals surface area contributed by atoms with Crippen LogP contribution in [0.1, 0.15) is 6.92 Å². The van der Waals surface area contributed by atoms with Gasteiger partial charge in [0.2, 0.25) is 0 Å². The Morgan fingerprint density at radius 1 is 1.21 bits per heavy atom. The maximum atomic E-state index is 11.7. The van der Waals surface area contributed by atoms with Crippen molar-refractivity contribution in [3.63, 3.8) is 0 Å². The summed E-state index contributed by atoms with van der Waals surface area (Å²) in [6.45, 7) is 1.79. The molecule has 0 aliphatic carbocycles. The number of nitrogens with one attached hydrogen (secondary N) is 1. The molecule has 0 fully saturated rings. The van der Waals surface area contributed by atoms with Gasteiger partial charge < -0.3 is 4.74 Å². The van der Waals surface area contributed by atoms with Gasteiger partial charge in [0, 0.05) is 12.2 Å². The lowest BCUT2D eigenvalue weighted by molar-refractivity contribution is -0.137. The number of benzene rings is 1. The highest BCUT2D eigenvalue weighted by Gasteiger charge is 2.15. The molecule has 0 aliphatic heterocycles. The number of amides is 1. The summed E-state index contributed by atoms with van der Waals surface area (Å²) in [4.78, 5) is 22.3. The first-order valence-corrected chi connectivity index (χ1v) is 6.90. The van der Waals surface area contributed by atoms with E-state index in [9.17, 15) is 18.0 Å². The Hall–Kier alpha value is -2.15. The lowest BCUT2D eigenvalue weighted by atomic mass is 10.4. The number of rotatable bonds is 5. The van der Waals surface area contributed by atoms with Crippen LogP contribution in [0.25, 0.3) is 0 Å². The average Bonchev–Trinajstić information content (AvgIpc) is 2.37. The highest BCUT2D eigenvalue weighted by Crippen LogP contribution is 2.06. The van der Waals surface area contributed by atoms with Gasteiger partial charge in [-0.3, -0.25) is 4.79 Å². The van der Waals surface area contributed by atoms with Crippen LogP contribution >= 0.6 is 0 Å². The molecule has 7 heteroatoms. The van der Waals surface area contributed by atoms with Crippen molar-refractivity contribution in [2.24, 2.45) is 0 Å². The summed E-state index contributed by atoms with van der Waals surface area (Å²) in [5, 5.41) is 0. The van der Waals surface area contributed by atoms with Gasteiger partial charge in [-0.05, 0) is 19.1 Å². The topological polar surface area (TPSA) is 89.5 Å². The van der Waals surface area contributed by atoms with E-state index in [1.165, 1.54) is 24.3 Å². The minimum atomic E-state index is -3.92. The van der Waals surface area contributed by atoms with E-state index in [0.29, 0.717) is 0 Å². The van der Waals surface area contributed by atoms with E-state index in [-0.39, 0.29) is 11.5 Å². The molecular formula is C12H13NO5S. The number of carbonyl (C=O) groups is 2. The van der Waals surface area contributed by atoms with Gasteiger partial charge in [-0.1, -0.05) is 18.2 Å². The van der Waals surface area contributed by atoms with E-state index in [4.69, 9.17) is 0 Å². The van der Waals surface area contributed by atoms with Crippen LogP contribution in [-0.4, -0.2) is 26.9 Å². The van der Waals surface area contributed by atoms with Crippen molar-refractivity contribution in [3.8, 4) is 0 Å². The Bertz CT molecular complexity index is 577. The Kier molecular flexibility index (Phi) is 5.25. The normalized spacial score (nSPS) is 11.2. The number of sulfonamides is 1. The van der Waals surface area contributed by atoms with Crippen LogP contribution in [0, 0.1) is 0 Å². The number of esters is 1. The maximum Gasteiger partial charge on any atom is 0.330 e. The Balaban J connectivity index is 2.70. The minimum absolute atomic E-state index is 0.0344. The molecule has 0 saturated carbocycles. The summed E-state index contributed by atoms with van der Waals surface area (Å²) in [6.07, 6.45) is 1.66. The zero-order valence-electron chi connectivity index (χ0n) is 10.2. The van der Waals surface area contributed by atoms with E-state index >= 15 is 0 Å². The first-order valence-electron chi connectivity index (χ1n) is 5.42. The molecule has 0 aromatic heterocycles. The van der Waals surface area contributed by atoms with Crippen molar-refractivity contribution in [1.82, 2.24) is 4.72 Å². The van der Waals surface area contributed by atoms with Gasteiger partial charge in [-0.25, -0.2) is 17.9 Å². The quantitative estimate of drug-likeness (QED) is 0.631. The van der Waals surface area contributed by atoms with Crippen LogP contribution in [0.3, 0.4) is 0 Å². The highest BCUT2D eigenvalue weighted by molar-refractivity contribution is 7.90. The summed E-state index contributed by atoms with van der Waals surface area (Å²) >= 11 is 0. The second-order valence-corrected chi connectivity index (χ2v) is 5.05. The second kappa shape index (κ2) is 6.69. The van der Waals surface area contributed by atoms with Gasteiger partial charge in [0.05, 0.1) is 11.5 Å². The molecule has 0 atom stereocenters. The number of ether oxygens (including phenoxy) is 1. The van der Waals surface area contributed by atoms with E-state index in [0.717, 1.165) is 12.2 Å². The Labute approximate surface area is 111 Å². The van der Waals surface area contributed by atoms with Crippen LogP contribution in [0.5, 0.6) is 0 Å². The third kappa shape index (κ3) is 4.92. The molecule has 0 aliphatic rings. The summed E-state index contributed by atoms with van der Waals surface area (Å²) < 4.78 is 29.8. The molecule has 1 aromatic rings. The SMILES string of the molecule is CCOC(=O)/C=C/C(=O)NS(=O)(=O)c1ccccc1. The molecule has 0 unspecified atom stereocenters. The predicted octanol–water partition coefficient (Wildman–Crippen LogP) is 0.611. The third-order valence-electron chi connectivity index (χ3n) is 1.95. The van der Waals surface area contributed by atoms with Gasteiger partial charge >= 0.3 is 5.97 Å². The minimum Gasteiger partial charge on any atom is -0.463 e. The number of hydrogen-bond acceptors (Lipinski definition) is 5. The van der Waals surface area contributed by atoms with Crippen molar-refractivity contribution in [1.29, 1.82) is 0 Å². The van der Waals surface area contributed by atoms with Crippen LogP contribution in [-0.2, 0) is 24.3 Å². The lowest BCUT2D eigenvalue weighted by Crippen LogP contribution is -2.29. The molecule has 0 heterocycles. The molecule has 102 valence electrons. The smallest absolute Gasteiger partial charge is 0.330 e. The molecule has 6 nitrogen and oxygen atoms in total. The number of carbonyl (C=O) groups excluding carboxylic acids is 2. The average molecular weight is 283 g/mol. The van der Waals surface area contributed by atoms with E-state index < -0.39 is 21.9 Å². The molecule has 0 saturated heterocycles. The number of hydrogen-bond donors (Lipinski definition) is 1. The molecule has 0 radical (unpaired) electrons. The fraction of sp³-hybridized carbons (Fsp3) is 0.167. The first kappa shape index (κ1) is 14.9. The van der Waals surface area contributed by atoms with Gasteiger partial charge in [-0.15, -0.1) is 0 Å². The zero-order chi connectivity index (χ0) is 14.3. The molecular weight excluding hydrogens is 270 g/mol. The lowest BCUT2D eigenvalue weighted by Gasteiger charge is -2.03. The van der Waals surface area contributed by atoms with Crippen LogP contribution < -0.4 is 4.72 Å². The molecule has 1 amide bonds. The monoisotopic (exact) mass is 283 g/mol. The Morgan fingerprint density at radius 3 is 2.42 bits per heavy atom. The predicted molar refractivity (Wildman–Crippen MR) is 67.5 cm³/mol. The van der Waals surface area contributed by atoms with Crippen LogP contribution in [0.4, 0.5) is 0 Å². The van der Waals surface area contributed by atoms with Crippen molar-refractivity contribution >= 4 is 21.9 Å². The summed E-state index contributed by atoms with van der Waals surface area (Å²) in [6, 6.07) is 7.43. The van der Waals surface area contributed by atoms with Crippen molar-refractivity contribution in [2.75, 3.05) is 6.61 Å². The summed E-state index contributed by atoms with van der Waals surface area (Å²) in [5.41, 5.74) is 0. The van der Waals surface area contributed by atoms with Crippen LogP contribution in [0.2, 0.25) is 0 Å². The summed E-state index contributed by atoms with van der Waals surface area (Å²) in [7, 11) is -3.92. The van der Waals surface area contributed by atoms with Gasteiger partial charge in [-0.2, -0.15) is 0 Å². The standard InChI is InChI=1S/C12H13NO5S/c1-2-18-12(15)9-8-11(14)13-19(16,17)10-6-4-3-5-7-10/h3-9H,2H2,1H3,(H,13,14)/b9-8+. The molecule has 0 spiro atoms. The van der Waals surface area contributed by atoms with E-state index in [2.05, 4.69) is 4.74 Å². The van der Waals surface area contributed by atoms with Crippen molar-refractivity contribution in [3.05, 3.63) is 42.5 Å². The molecule has 1 rings (SSSR count). The summed E-state index contributed by atoms with van der Waals surface area (Å²) in [5.74, 6) is -1.63. The molecule has 0 bridgehead atoms. The van der Waals surface area contributed by atoms with Gasteiger partial charge in [0.15, 0.2) is 0 Å². The van der Waals surface area contributed by atoms with E-state index in [1.54, 1.807) is 13.0 Å². The van der Waals surface area contributed by atoms with Crippen LogP contribution in [0.15, 0.2) is 47.4 Å².